The molecule has 4 nitrogen and oxygen atoms in total. The monoisotopic (exact) mass is 330 g/mol. The molecular formula is C12H15BrN2O2S. The average Bonchev–Trinajstić information content (AvgIpc) is 2.32. The molecule has 2 N–H and O–H groups in total. The highest BCUT2D eigenvalue weighted by molar-refractivity contribution is 9.10. The van der Waals surface area contributed by atoms with Gasteiger partial charge in [-0.1, -0.05) is 28.8 Å². The summed E-state index contributed by atoms with van der Waals surface area (Å²) in [6.45, 7) is 2.31. The van der Waals surface area contributed by atoms with Crippen molar-refractivity contribution in [3.05, 3.63) is 22.7 Å². The zero-order valence-electron chi connectivity index (χ0n) is 10.1. The van der Waals surface area contributed by atoms with Gasteiger partial charge in [0, 0.05) is 11.0 Å². The number of benzene rings is 1. The van der Waals surface area contributed by atoms with Crippen LogP contribution in [0.15, 0.2) is 27.6 Å². The number of hydrogen-bond acceptors (Lipinski definition) is 3. The van der Waals surface area contributed by atoms with E-state index in [1.165, 1.54) is 10.4 Å². The maximum atomic E-state index is 12.4. The van der Waals surface area contributed by atoms with E-state index in [9.17, 15) is 8.42 Å². The van der Waals surface area contributed by atoms with Crippen molar-refractivity contribution >= 4 is 31.6 Å². The third kappa shape index (κ3) is 3.25. The molecule has 0 unspecified atom stereocenters. The minimum Gasteiger partial charge on any atom is -0.398 e. The number of nitrogens with zero attached hydrogens (tertiary/aromatic N) is 1. The number of nitrogen functional groups attached to an aromatic ring is 1. The molecule has 18 heavy (non-hydrogen) atoms. The molecule has 0 radical (unpaired) electrons. The summed E-state index contributed by atoms with van der Waals surface area (Å²) in [4.78, 5) is 0.0839. The van der Waals surface area contributed by atoms with E-state index in [2.05, 4.69) is 21.9 Å². The van der Waals surface area contributed by atoms with E-state index in [1.54, 1.807) is 12.1 Å². The van der Waals surface area contributed by atoms with Crippen LogP contribution in [-0.4, -0.2) is 25.8 Å². The summed E-state index contributed by atoms with van der Waals surface area (Å²) < 4.78 is 26.7. The SMILES string of the molecule is C#CCN(CCC)S(=O)(=O)c1cc(Br)ccc1N. The molecule has 0 saturated carbocycles. The molecule has 98 valence electrons. The Morgan fingerprint density at radius 1 is 1.50 bits per heavy atom. The van der Waals surface area contributed by atoms with Crippen molar-refractivity contribution in [3.63, 3.8) is 0 Å². The number of rotatable bonds is 5. The molecule has 0 atom stereocenters. The molecule has 0 heterocycles. The molecular weight excluding hydrogens is 316 g/mol. The summed E-state index contributed by atoms with van der Waals surface area (Å²) >= 11 is 3.24. The summed E-state index contributed by atoms with van der Waals surface area (Å²) in [5.74, 6) is 2.36. The number of nitrogens with two attached hydrogens (primary N) is 1. The van der Waals surface area contributed by atoms with Gasteiger partial charge in [0.2, 0.25) is 10.0 Å². The quantitative estimate of drug-likeness (QED) is 0.664. The molecule has 0 spiro atoms. The van der Waals surface area contributed by atoms with Gasteiger partial charge in [0.05, 0.1) is 12.2 Å². The second-order valence-corrected chi connectivity index (χ2v) is 6.55. The Balaban J connectivity index is 3.26. The number of halogens is 1. The van der Waals surface area contributed by atoms with Crippen LogP contribution in [0.2, 0.25) is 0 Å². The first-order chi connectivity index (χ1) is 8.43. The highest BCUT2D eigenvalue weighted by atomic mass is 79.9. The van der Waals surface area contributed by atoms with Crippen LogP contribution >= 0.6 is 15.9 Å². The summed E-state index contributed by atoms with van der Waals surface area (Å²) in [6, 6.07) is 4.74. The molecule has 0 saturated heterocycles. The van der Waals surface area contributed by atoms with E-state index in [-0.39, 0.29) is 17.1 Å². The largest absolute Gasteiger partial charge is 0.398 e. The van der Waals surface area contributed by atoms with E-state index >= 15 is 0 Å². The van der Waals surface area contributed by atoms with Crippen LogP contribution < -0.4 is 5.73 Å². The summed E-state index contributed by atoms with van der Waals surface area (Å²) in [6.07, 6.45) is 5.90. The predicted octanol–water partition coefficient (Wildman–Crippen LogP) is 2.07. The van der Waals surface area contributed by atoms with Crippen molar-refractivity contribution in [1.82, 2.24) is 4.31 Å². The maximum Gasteiger partial charge on any atom is 0.246 e. The first-order valence-electron chi connectivity index (χ1n) is 5.42. The van der Waals surface area contributed by atoms with Crippen LogP contribution in [-0.2, 0) is 10.0 Å². The van der Waals surface area contributed by atoms with E-state index in [4.69, 9.17) is 12.2 Å². The van der Waals surface area contributed by atoms with Crippen LogP contribution in [0, 0.1) is 12.3 Å². The van der Waals surface area contributed by atoms with E-state index in [0.717, 1.165) is 0 Å². The van der Waals surface area contributed by atoms with Gasteiger partial charge in [-0.05, 0) is 24.6 Å². The van der Waals surface area contributed by atoms with Crippen molar-refractivity contribution in [1.29, 1.82) is 0 Å². The van der Waals surface area contributed by atoms with Crippen LogP contribution in [0.1, 0.15) is 13.3 Å². The Hall–Kier alpha value is -1.03. The Morgan fingerprint density at radius 3 is 2.72 bits per heavy atom. The fraction of sp³-hybridized carbons (Fsp3) is 0.333. The van der Waals surface area contributed by atoms with Crippen molar-refractivity contribution in [3.8, 4) is 12.3 Å². The van der Waals surface area contributed by atoms with E-state index < -0.39 is 10.0 Å². The second kappa shape index (κ2) is 6.23. The molecule has 0 bridgehead atoms. The predicted molar refractivity (Wildman–Crippen MR) is 76.4 cm³/mol. The van der Waals surface area contributed by atoms with Gasteiger partial charge in [0.25, 0.3) is 0 Å². The van der Waals surface area contributed by atoms with Crippen LogP contribution in [0.3, 0.4) is 0 Å². The number of sulfonamides is 1. The molecule has 0 aliphatic rings. The van der Waals surface area contributed by atoms with Gasteiger partial charge >= 0.3 is 0 Å². The van der Waals surface area contributed by atoms with Gasteiger partial charge in [0.1, 0.15) is 4.90 Å². The van der Waals surface area contributed by atoms with Gasteiger partial charge < -0.3 is 5.73 Å². The van der Waals surface area contributed by atoms with Crippen molar-refractivity contribution in [2.24, 2.45) is 0 Å². The average molecular weight is 331 g/mol. The molecule has 0 aromatic heterocycles. The molecule has 0 amide bonds. The van der Waals surface area contributed by atoms with Gasteiger partial charge in [0.15, 0.2) is 0 Å². The van der Waals surface area contributed by atoms with Gasteiger partial charge in [-0.15, -0.1) is 6.42 Å². The summed E-state index contributed by atoms with van der Waals surface area (Å²) in [5.41, 5.74) is 5.95. The molecule has 0 aliphatic heterocycles. The topological polar surface area (TPSA) is 63.4 Å². The Kier molecular flexibility index (Phi) is 5.20. The van der Waals surface area contributed by atoms with Gasteiger partial charge in [-0.2, -0.15) is 4.31 Å². The third-order valence-electron chi connectivity index (χ3n) is 2.33. The standard InChI is InChI=1S/C12H15BrN2O2S/c1-3-7-15(8-4-2)18(16,17)12-9-10(13)5-6-11(12)14/h1,5-6,9H,4,7-8,14H2,2H3. The fourth-order valence-electron chi connectivity index (χ4n) is 1.51. The van der Waals surface area contributed by atoms with Gasteiger partial charge in [-0.3, -0.25) is 0 Å². The lowest BCUT2D eigenvalue weighted by atomic mass is 10.3. The molecule has 0 aliphatic carbocycles. The number of terminal acetylenes is 1. The van der Waals surface area contributed by atoms with Crippen LogP contribution in [0.5, 0.6) is 0 Å². The van der Waals surface area contributed by atoms with Crippen LogP contribution in [0.4, 0.5) is 5.69 Å². The minimum absolute atomic E-state index is 0.0438. The molecule has 6 heteroatoms. The lowest BCUT2D eigenvalue weighted by molar-refractivity contribution is 0.446. The number of hydrogen-bond donors (Lipinski definition) is 1. The van der Waals surface area contributed by atoms with Crippen molar-refractivity contribution in [2.75, 3.05) is 18.8 Å². The lowest BCUT2D eigenvalue weighted by Gasteiger charge is -2.20. The van der Waals surface area contributed by atoms with Crippen LogP contribution in [0.25, 0.3) is 0 Å². The highest BCUT2D eigenvalue weighted by Crippen LogP contribution is 2.26. The zero-order chi connectivity index (χ0) is 13.8. The first-order valence-corrected chi connectivity index (χ1v) is 7.65. The molecule has 1 rings (SSSR count). The second-order valence-electron chi connectivity index (χ2n) is 3.72. The smallest absolute Gasteiger partial charge is 0.246 e. The Morgan fingerprint density at radius 2 is 2.17 bits per heavy atom. The summed E-state index contributed by atoms with van der Waals surface area (Å²) in [5, 5.41) is 0. The minimum atomic E-state index is -3.64. The lowest BCUT2D eigenvalue weighted by Crippen LogP contribution is -2.32. The molecule has 1 aromatic rings. The normalized spacial score (nSPS) is 11.4. The van der Waals surface area contributed by atoms with Crippen molar-refractivity contribution < 1.29 is 8.42 Å². The van der Waals surface area contributed by atoms with E-state index in [0.29, 0.717) is 17.4 Å². The zero-order valence-corrected chi connectivity index (χ0v) is 12.5. The first kappa shape index (κ1) is 15.0. The van der Waals surface area contributed by atoms with Gasteiger partial charge in [-0.25, -0.2) is 8.42 Å². The molecule has 0 fully saturated rings. The van der Waals surface area contributed by atoms with Crippen molar-refractivity contribution in [2.45, 2.75) is 18.2 Å². The third-order valence-corrected chi connectivity index (χ3v) is 4.73. The van der Waals surface area contributed by atoms with E-state index in [1.807, 2.05) is 6.92 Å². The maximum absolute atomic E-state index is 12.4. The summed E-state index contributed by atoms with van der Waals surface area (Å²) in [7, 11) is -3.64. The number of anilines is 1. The highest BCUT2D eigenvalue weighted by Gasteiger charge is 2.25. The Labute approximate surface area is 116 Å². The fourth-order valence-corrected chi connectivity index (χ4v) is 3.61. The molecule has 1 aromatic carbocycles. The Bertz CT molecular complexity index is 564.